The minimum absolute atomic E-state index is 0.432. The van der Waals surface area contributed by atoms with Gasteiger partial charge in [0.05, 0.1) is 6.54 Å². The first-order valence-corrected chi connectivity index (χ1v) is 12.6. The van der Waals surface area contributed by atoms with Crippen molar-refractivity contribution in [2.45, 2.75) is 37.7 Å². The molecule has 1 aliphatic heterocycles. The highest BCUT2D eigenvalue weighted by atomic mass is 32.1. The number of hydrogen-bond donors (Lipinski definition) is 2. The number of rotatable bonds is 4. The van der Waals surface area contributed by atoms with Gasteiger partial charge in [-0.25, -0.2) is 24.1 Å². The van der Waals surface area contributed by atoms with Crippen LogP contribution in [0.2, 0.25) is 0 Å². The Labute approximate surface area is 231 Å². The Hall–Kier alpha value is -4.12. The van der Waals surface area contributed by atoms with Crippen LogP contribution in [0.3, 0.4) is 0 Å². The van der Waals surface area contributed by atoms with Crippen LogP contribution in [-0.4, -0.2) is 77.1 Å². The number of carboxylic acids is 2. The highest BCUT2D eigenvalue weighted by molar-refractivity contribution is 7.09. The highest BCUT2D eigenvalue weighted by Gasteiger charge is 2.38. The highest BCUT2D eigenvalue weighted by Crippen LogP contribution is 2.28. The first-order valence-electron chi connectivity index (χ1n) is 11.7. The molecule has 0 bridgehead atoms. The van der Waals surface area contributed by atoms with Crippen molar-refractivity contribution in [3.63, 3.8) is 0 Å². The summed E-state index contributed by atoms with van der Waals surface area (Å²) in [6.45, 7) is 3.10. The molecule has 1 aliphatic rings. The zero-order chi connectivity index (χ0) is 30.2. The van der Waals surface area contributed by atoms with E-state index in [1.165, 1.54) is 5.01 Å². The summed E-state index contributed by atoms with van der Waals surface area (Å²) in [6, 6.07) is 8.16. The number of nitrogens with zero attached hydrogens (tertiary/aromatic N) is 6. The summed E-state index contributed by atoms with van der Waals surface area (Å²) in [4.78, 5) is 33.5. The van der Waals surface area contributed by atoms with Crippen LogP contribution >= 0.6 is 11.3 Å². The van der Waals surface area contributed by atoms with E-state index in [9.17, 15) is 26.3 Å². The number of halogens is 6. The molecule has 2 N–H and O–H groups in total. The standard InChI is InChI=1S/C20H20N6S.2C2HF3O2/c1-2-18-23-20(24-26(18)13-17(1)15-3-7-21-8-4-15)16-5-10-25(11-6-16)14-19-22-9-12-27-19;2*3-2(4,5)1(6)7/h1-4,7-9,12-13,16H,5-6,10-11,14H2;2*(H,6,7). The summed E-state index contributed by atoms with van der Waals surface area (Å²) >= 11 is 1.73. The number of likely N-dealkylation sites (tertiary alicyclic amines) is 1. The molecule has 4 aromatic rings. The molecule has 1 fully saturated rings. The summed E-state index contributed by atoms with van der Waals surface area (Å²) in [5, 5.41) is 22.3. The molecule has 41 heavy (non-hydrogen) atoms. The van der Waals surface area contributed by atoms with Crippen LogP contribution in [0.4, 0.5) is 26.3 Å². The second kappa shape index (κ2) is 13.5. The largest absolute Gasteiger partial charge is 0.490 e. The monoisotopic (exact) mass is 604 g/mol. The zero-order valence-electron chi connectivity index (χ0n) is 20.9. The van der Waals surface area contributed by atoms with Gasteiger partial charge < -0.3 is 10.2 Å². The number of hydrogen-bond acceptors (Lipinski definition) is 8. The number of aliphatic carboxylic acids is 2. The van der Waals surface area contributed by atoms with Crippen LogP contribution in [0.15, 0.2) is 54.4 Å². The maximum Gasteiger partial charge on any atom is 0.490 e. The van der Waals surface area contributed by atoms with E-state index in [0.29, 0.717) is 5.92 Å². The average molecular weight is 605 g/mol. The van der Waals surface area contributed by atoms with Gasteiger partial charge in [0.25, 0.3) is 0 Å². The summed E-state index contributed by atoms with van der Waals surface area (Å²) in [5.41, 5.74) is 3.17. The van der Waals surface area contributed by atoms with E-state index < -0.39 is 24.3 Å². The van der Waals surface area contributed by atoms with Gasteiger partial charge in [-0.2, -0.15) is 31.4 Å². The number of piperidine rings is 1. The van der Waals surface area contributed by atoms with Crippen LogP contribution in [0.5, 0.6) is 0 Å². The van der Waals surface area contributed by atoms with Crippen LogP contribution < -0.4 is 0 Å². The van der Waals surface area contributed by atoms with Crippen LogP contribution in [0, 0.1) is 0 Å². The zero-order valence-corrected chi connectivity index (χ0v) is 21.7. The Kier molecular flexibility index (Phi) is 10.3. The Morgan fingerprint density at radius 3 is 2.00 bits per heavy atom. The minimum Gasteiger partial charge on any atom is -0.475 e. The van der Waals surface area contributed by atoms with Crippen molar-refractivity contribution < 1.29 is 46.1 Å². The number of carbonyl (C=O) groups is 2. The molecular formula is C24H22F6N6O4S. The Morgan fingerprint density at radius 1 is 0.902 bits per heavy atom. The lowest BCUT2D eigenvalue weighted by Gasteiger charge is -2.29. The van der Waals surface area contributed by atoms with E-state index in [2.05, 4.69) is 27.1 Å². The van der Waals surface area contributed by atoms with E-state index in [4.69, 9.17) is 29.9 Å². The summed E-state index contributed by atoms with van der Waals surface area (Å²) in [7, 11) is 0. The van der Waals surface area contributed by atoms with Gasteiger partial charge in [0.15, 0.2) is 11.5 Å². The average Bonchev–Trinajstić information content (AvgIpc) is 3.59. The maximum atomic E-state index is 10.6. The molecule has 0 amide bonds. The van der Waals surface area contributed by atoms with E-state index in [1.54, 1.807) is 11.3 Å². The van der Waals surface area contributed by atoms with Crippen molar-refractivity contribution in [1.82, 2.24) is 29.5 Å². The number of aromatic nitrogens is 5. The Balaban J connectivity index is 0.000000276. The fourth-order valence-corrected chi connectivity index (χ4v) is 4.32. The molecule has 0 aliphatic carbocycles. The SMILES string of the molecule is O=C(O)C(F)(F)F.O=C(O)C(F)(F)F.c1cc(-c2ccc3nc(C4CCN(Cc5nccs5)CC4)nn3c2)ccn1. The molecule has 4 aromatic heterocycles. The van der Waals surface area contributed by atoms with E-state index in [1.807, 2.05) is 46.7 Å². The molecule has 220 valence electrons. The van der Waals surface area contributed by atoms with Crippen molar-refractivity contribution in [1.29, 1.82) is 0 Å². The van der Waals surface area contributed by atoms with E-state index in [0.717, 1.165) is 55.1 Å². The van der Waals surface area contributed by atoms with Gasteiger partial charge in [0.1, 0.15) is 5.01 Å². The molecule has 0 saturated carbocycles. The molecule has 5 heterocycles. The molecule has 0 spiro atoms. The molecule has 0 unspecified atom stereocenters. The lowest BCUT2D eigenvalue weighted by atomic mass is 9.96. The normalized spacial score (nSPS) is 14.5. The number of thiazole rings is 1. The maximum absolute atomic E-state index is 10.6. The van der Waals surface area contributed by atoms with Gasteiger partial charge >= 0.3 is 24.3 Å². The van der Waals surface area contributed by atoms with Crippen LogP contribution in [0.25, 0.3) is 16.8 Å². The third kappa shape index (κ3) is 9.49. The fourth-order valence-electron chi connectivity index (χ4n) is 3.66. The van der Waals surface area contributed by atoms with Crippen molar-refractivity contribution in [2.75, 3.05) is 13.1 Å². The second-order valence-corrected chi connectivity index (χ2v) is 9.49. The first kappa shape index (κ1) is 31.4. The second-order valence-electron chi connectivity index (χ2n) is 8.51. The van der Waals surface area contributed by atoms with Crippen LogP contribution in [0.1, 0.15) is 29.6 Å². The molecule has 0 radical (unpaired) electrons. The van der Waals surface area contributed by atoms with Gasteiger partial charge in [0, 0.05) is 41.6 Å². The molecule has 17 heteroatoms. The van der Waals surface area contributed by atoms with Gasteiger partial charge in [0.2, 0.25) is 0 Å². The first-order chi connectivity index (χ1) is 19.2. The third-order valence-corrected chi connectivity index (χ3v) is 6.41. The van der Waals surface area contributed by atoms with Gasteiger partial charge in [-0.3, -0.25) is 9.88 Å². The molecule has 0 aromatic carbocycles. The molecule has 0 atom stereocenters. The smallest absolute Gasteiger partial charge is 0.475 e. The Bertz CT molecular complexity index is 1400. The molecule has 10 nitrogen and oxygen atoms in total. The van der Waals surface area contributed by atoms with Crippen LogP contribution in [-0.2, 0) is 16.1 Å². The van der Waals surface area contributed by atoms with Gasteiger partial charge in [-0.15, -0.1) is 11.3 Å². The molecule has 1 saturated heterocycles. The Morgan fingerprint density at radius 2 is 1.49 bits per heavy atom. The minimum atomic E-state index is -5.08. The van der Waals surface area contributed by atoms with E-state index in [-0.39, 0.29) is 0 Å². The van der Waals surface area contributed by atoms with Crippen molar-refractivity contribution in [2.24, 2.45) is 0 Å². The molecular weight excluding hydrogens is 582 g/mol. The van der Waals surface area contributed by atoms with Crippen molar-refractivity contribution in [3.05, 3.63) is 65.3 Å². The number of carboxylic acid groups (broad SMARTS) is 2. The fraction of sp³-hybridized carbons (Fsp3) is 0.333. The summed E-state index contributed by atoms with van der Waals surface area (Å²) in [5.74, 6) is -4.11. The lowest BCUT2D eigenvalue weighted by molar-refractivity contribution is -0.193. The third-order valence-electron chi connectivity index (χ3n) is 5.64. The number of alkyl halides is 6. The predicted molar refractivity (Wildman–Crippen MR) is 133 cm³/mol. The molecule has 5 rings (SSSR count). The summed E-state index contributed by atoms with van der Waals surface area (Å²) < 4.78 is 65.4. The topological polar surface area (TPSA) is 134 Å². The summed E-state index contributed by atoms with van der Waals surface area (Å²) in [6.07, 6.45) is -0.414. The number of pyridine rings is 2. The van der Waals surface area contributed by atoms with Crippen molar-refractivity contribution in [3.8, 4) is 11.1 Å². The van der Waals surface area contributed by atoms with Crippen molar-refractivity contribution >= 4 is 28.9 Å². The predicted octanol–water partition coefficient (Wildman–Crippen LogP) is 4.89. The lowest BCUT2D eigenvalue weighted by Crippen LogP contribution is -2.32. The quantitative estimate of drug-likeness (QED) is 0.312. The van der Waals surface area contributed by atoms with Gasteiger partial charge in [-0.05, 0) is 55.8 Å². The number of fused-ring (bicyclic) bond motifs is 1. The van der Waals surface area contributed by atoms with E-state index >= 15 is 0 Å². The van der Waals surface area contributed by atoms with Gasteiger partial charge in [-0.1, -0.05) is 0 Å².